The number of carbonyl (C=O) groups excluding carboxylic acids is 2. The number of likely N-dealkylation sites (tertiary alicyclic amines) is 1. The molecule has 1 fully saturated rings. The molecule has 1 aliphatic heterocycles. The maximum absolute atomic E-state index is 14.2. The smallest absolute Gasteiger partial charge is 0.435 e. The number of fused-ring (bicyclic) bond motifs is 1. The van der Waals surface area contributed by atoms with E-state index in [2.05, 4.69) is 30.6 Å². The Morgan fingerprint density at radius 2 is 1.80 bits per heavy atom. The normalized spacial score (nSPS) is 15.2. The van der Waals surface area contributed by atoms with E-state index in [1.807, 2.05) is 0 Å². The highest BCUT2D eigenvalue weighted by molar-refractivity contribution is 6.32. The van der Waals surface area contributed by atoms with Crippen molar-refractivity contribution >= 4 is 40.1 Å². The van der Waals surface area contributed by atoms with E-state index in [0.717, 1.165) is 15.7 Å². The monoisotopic (exact) mass is 639 g/mol. The Bertz CT molecular complexity index is 1920. The number of halogens is 4. The van der Waals surface area contributed by atoms with Crippen molar-refractivity contribution in [2.24, 2.45) is 0 Å². The Kier molecular flexibility index (Phi) is 7.43. The number of hydrogen-bond donors (Lipinski definition) is 1. The number of carbonyl (C=O) groups is 2. The summed E-state index contributed by atoms with van der Waals surface area (Å²) in [6.45, 7) is 5.81. The minimum Gasteiger partial charge on any atom is -0.444 e. The highest BCUT2D eigenvalue weighted by atomic mass is 35.5. The number of nitrogens with zero attached hydrogens (tertiary/aromatic N) is 8. The molecule has 5 aromatic rings. The Labute approximate surface area is 258 Å². The maximum Gasteiger partial charge on any atom is 0.435 e. The van der Waals surface area contributed by atoms with Crippen LogP contribution in [0.15, 0.2) is 61.3 Å². The largest absolute Gasteiger partial charge is 0.444 e. The second kappa shape index (κ2) is 11.1. The second-order valence-corrected chi connectivity index (χ2v) is 11.6. The van der Waals surface area contributed by atoms with E-state index in [0.29, 0.717) is 29.4 Å². The van der Waals surface area contributed by atoms with Crippen LogP contribution in [-0.4, -0.2) is 63.8 Å². The summed E-state index contributed by atoms with van der Waals surface area (Å²) in [6, 6.07) is 7.59. The third kappa shape index (κ3) is 5.90. The van der Waals surface area contributed by atoms with Crippen LogP contribution in [0.4, 0.5) is 23.7 Å². The van der Waals surface area contributed by atoms with Crippen molar-refractivity contribution in [1.29, 1.82) is 0 Å². The van der Waals surface area contributed by atoms with Crippen molar-refractivity contribution in [3.63, 3.8) is 0 Å². The highest BCUT2D eigenvalue weighted by Crippen LogP contribution is 2.39. The van der Waals surface area contributed by atoms with Crippen molar-refractivity contribution in [3.05, 3.63) is 83.3 Å². The van der Waals surface area contributed by atoms with E-state index in [9.17, 15) is 22.8 Å². The molecule has 0 aliphatic carbocycles. The van der Waals surface area contributed by atoms with Gasteiger partial charge in [-0.2, -0.15) is 28.5 Å². The van der Waals surface area contributed by atoms with Gasteiger partial charge in [0.1, 0.15) is 5.60 Å². The molecule has 16 heteroatoms. The molecule has 1 saturated heterocycles. The van der Waals surface area contributed by atoms with Crippen LogP contribution in [0.5, 0.6) is 0 Å². The fourth-order valence-corrected chi connectivity index (χ4v) is 5.17. The third-order valence-corrected chi connectivity index (χ3v) is 7.22. The van der Waals surface area contributed by atoms with Crippen LogP contribution in [0.1, 0.15) is 55.0 Å². The molecule has 0 radical (unpaired) electrons. The molecular formula is C29H25ClF3N9O3. The number of benzene rings is 1. The van der Waals surface area contributed by atoms with Gasteiger partial charge >= 0.3 is 12.3 Å². The Balaban J connectivity index is 1.33. The number of rotatable bonds is 5. The first kappa shape index (κ1) is 30.0. The number of alkyl halides is 3. The Morgan fingerprint density at radius 1 is 1.04 bits per heavy atom. The number of aromatic nitrogens is 7. The van der Waals surface area contributed by atoms with Crippen LogP contribution in [-0.2, 0) is 10.9 Å². The zero-order valence-corrected chi connectivity index (χ0v) is 24.8. The van der Waals surface area contributed by atoms with Gasteiger partial charge in [-0.05, 0) is 45.4 Å². The summed E-state index contributed by atoms with van der Waals surface area (Å²) in [5.74, 6) is -0.897. The lowest BCUT2D eigenvalue weighted by molar-refractivity contribution is -0.141. The summed E-state index contributed by atoms with van der Waals surface area (Å²) in [4.78, 5) is 37.3. The van der Waals surface area contributed by atoms with Gasteiger partial charge in [0.15, 0.2) is 11.5 Å². The van der Waals surface area contributed by atoms with Crippen LogP contribution in [0, 0.1) is 0 Å². The standard InChI is InChI=1S/C29H25ClF3N9O3/c1-28(2,3)45-27(44)40-12-8-22(40)23-18-5-4-6-21(17(18)7-9-34-23)41-15-19(24(39-41)29(31,32)33)26(43)38-16-13-20(30)25(35-14-16)42-36-10-11-37-42/h4-7,9-11,13-15,22H,8,12H2,1-3H3,(H,38,43). The zero-order chi connectivity index (χ0) is 32.1. The predicted octanol–water partition coefficient (Wildman–Crippen LogP) is 6.00. The summed E-state index contributed by atoms with van der Waals surface area (Å²) in [5, 5.41) is 15.3. The van der Waals surface area contributed by atoms with Crippen molar-refractivity contribution in [2.45, 2.75) is 45.0 Å². The van der Waals surface area contributed by atoms with Gasteiger partial charge in [0.05, 0.1) is 52.3 Å². The number of nitrogens with one attached hydrogen (secondary N) is 1. The fraction of sp³-hybridized carbons (Fsp3) is 0.276. The summed E-state index contributed by atoms with van der Waals surface area (Å²) < 4.78 is 49.0. The molecular weight excluding hydrogens is 615 g/mol. The predicted molar refractivity (Wildman–Crippen MR) is 156 cm³/mol. The lowest BCUT2D eigenvalue weighted by Crippen LogP contribution is -2.47. The average Bonchev–Trinajstić information content (AvgIpc) is 3.62. The van der Waals surface area contributed by atoms with Gasteiger partial charge in [0.25, 0.3) is 5.91 Å². The topological polar surface area (TPSA) is 133 Å². The van der Waals surface area contributed by atoms with Crippen molar-refractivity contribution in [1.82, 2.24) is 39.6 Å². The van der Waals surface area contributed by atoms with Gasteiger partial charge in [0.2, 0.25) is 0 Å². The van der Waals surface area contributed by atoms with Crippen LogP contribution < -0.4 is 5.32 Å². The molecule has 2 amide bonds. The van der Waals surface area contributed by atoms with E-state index in [1.54, 1.807) is 49.9 Å². The van der Waals surface area contributed by atoms with Crippen molar-refractivity contribution in [3.8, 4) is 11.5 Å². The van der Waals surface area contributed by atoms with E-state index in [-0.39, 0.29) is 28.3 Å². The fourth-order valence-electron chi connectivity index (χ4n) is 4.93. The first-order valence-corrected chi connectivity index (χ1v) is 14.1. The first-order valence-electron chi connectivity index (χ1n) is 13.7. The van der Waals surface area contributed by atoms with Crippen molar-refractivity contribution in [2.75, 3.05) is 11.9 Å². The van der Waals surface area contributed by atoms with Crippen molar-refractivity contribution < 1.29 is 27.5 Å². The molecule has 1 unspecified atom stereocenters. The SMILES string of the molecule is CC(C)(C)OC(=O)N1CCC1c1nccc2c(-n3cc(C(=O)Nc4cnc(-n5nccn5)c(Cl)c4)c(C(F)(F)F)n3)cccc12. The third-order valence-electron chi connectivity index (χ3n) is 6.94. The first-order chi connectivity index (χ1) is 21.3. The molecule has 5 heterocycles. The van der Waals surface area contributed by atoms with E-state index < -0.39 is 35.0 Å². The van der Waals surface area contributed by atoms with Gasteiger partial charge in [-0.15, -0.1) is 4.80 Å². The van der Waals surface area contributed by atoms with Gasteiger partial charge in [0, 0.05) is 29.7 Å². The number of anilines is 1. The number of amides is 2. The minimum atomic E-state index is -4.94. The summed E-state index contributed by atoms with van der Waals surface area (Å²) in [7, 11) is 0. The maximum atomic E-state index is 14.2. The van der Waals surface area contributed by atoms with Crippen LogP contribution in [0.2, 0.25) is 5.02 Å². The number of hydrogen-bond acceptors (Lipinski definition) is 8. The average molecular weight is 640 g/mol. The molecule has 12 nitrogen and oxygen atoms in total. The minimum absolute atomic E-state index is 0.0534. The number of pyridine rings is 2. The molecule has 4 aromatic heterocycles. The van der Waals surface area contributed by atoms with Gasteiger partial charge < -0.3 is 10.1 Å². The van der Waals surface area contributed by atoms with Gasteiger partial charge in [-0.1, -0.05) is 23.7 Å². The lowest BCUT2D eigenvalue weighted by atomic mass is 9.95. The molecule has 0 bridgehead atoms. The Hall–Kier alpha value is -5.05. The van der Waals surface area contributed by atoms with E-state index >= 15 is 0 Å². The summed E-state index contributed by atoms with van der Waals surface area (Å²) >= 11 is 6.25. The quantitative estimate of drug-likeness (QED) is 0.248. The second-order valence-electron chi connectivity index (χ2n) is 11.2. The molecule has 6 rings (SSSR count). The van der Waals surface area contributed by atoms with Crippen LogP contribution >= 0.6 is 11.6 Å². The molecule has 1 atom stereocenters. The lowest BCUT2D eigenvalue weighted by Gasteiger charge is -2.41. The number of ether oxygens (including phenoxy) is 1. The molecule has 1 aliphatic rings. The van der Waals surface area contributed by atoms with Crippen LogP contribution in [0.25, 0.3) is 22.3 Å². The molecule has 45 heavy (non-hydrogen) atoms. The van der Waals surface area contributed by atoms with E-state index in [1.165, 1.54) is 30.9 Å². The van der Waals surface area contributed by atoms with Crippen LogP contribution in [0.3, 0.4) is 0 Å². The van der Waals surface area contributed by atoms with Gasteiger partial charge in [-0.25, -0.2) is 14.5 Å². The molecule has 1 N–H and O–H groups in total. The molecule has 1 aromatic carbocycles. The summed E-state index contributed by atoms with van der Waals surface area (Å²) in [5.41, 5.74) is -1.86. The highest BCUT2D eigenvalue weighted by Gasteiger charge is 2.40. The molecule has 0 spiro atoms. The van der Waals surface area contributed by atoms with E-state index in [4.69, 9.17) is 16.3 Å². The summed E-state index contributed by atoms with van der Waals surface area (Å²) in [6.07, 6.45) is 1.82. The Morgan fingerprint density at radius 3 is 2.44 bits per heavy atom. The molecule has 0 saturated carbocycles. The zero-order valence-electron chi connectivity index (χ0n) is 24.1. The van der Waals surface area contributed by atoms with Gasteiger partial charge in [-0.3, -0.25) is 14.7 Å². The molecule has 232 valence electrons.